The van der Waals surface area contributed by atoms with Crippen LogP contribution in [-0.4, -0.2) is 46.7 Å². The number of morpholine rings is 1. The Hall–Kier alpha value is -2.15. The van der Waals surface area contributed by atoms with Crippen molar-refractivity contribution in [3.8, 4) is 0 Å². The number of rotatable bonds is 2. The van der Waals surface area contributed by atoms with Gasteiger partial charge in [0.2, 0.25) is 11.6 Å². The van der Waals surface area contributed by atoms with Gasteiger partial charge >= 0.3 is 0 Å². The van der Waals surface area contributed by atoms with Gasteiger partial charge in [-0.1, -0.05) is 0 Å². The van der Waals surface area contributed by atoms with Gasteiger partial charge in [-0.2, -0.15) is 0 Å². The third-order valence-corrected chi connectivity index (χ3v) is 3.83. The fourth-order valence-electron chi connectivity index (χ4n) is 2.44. The van der Waals surface area contributed by atoms with E-state index >= 15 is 0 Å². The van der Waals surface area contributed by atoms with Crippen LogP contribution < -0.4 is 5.56 Å². The minimum atomic E-state index is -0.240. The van der Waals surface area contributed by atoms with Crippen LogP contribution in [-0.2, 0) is 16.1 Å². The molecule has 1 saturated heterocycles. The average molecular weight is 291 g/mol. The first-order chi connectivity index (χ1) is 10.1. The maximum absolute atomic E-state index is 12.4. The lowest BCUT2D eigenvalue weighted by molar-refractivity contribution is -0.135. The van der Waals surface area contributed by atoms with Crippen molar-refractivity contribution in [1.82, 2.24) is 14.5 Å². The van der Waals surface area contributed by atoms with Crippen LogP contribution in [0.3, 0.4) is 0 Å². The van der Waals surface area contributed by atoms with E-state index in [1.54, 1.807) is 11.8 Å². The van der Waals surface area contributed by atoms with Gasteiger partial charge in [0.05, 0.1) is 13.2 Å². The van der Waals surface area contributed by atoms with Gasteiger partial charge in [0.15, 0.2) is 0 Å². The maximum Gasteiger partial charge on any atom is 0.265 e. The largest absolute Gasteiger partial charge is 0.443 e. The second-order valence-corrected chi connectivity index (χ2v) is 5.13. The van der Waals surface area contributed by atoms with E-state index in [1.165, 1.54) is 10.9 Å². The third-order valence-electron chi connectivity index (χ3n) is 3.83. The van der Waals surface area contributed by atoms with Crippen LogP contribution >= 0.6 is 0 Å². The van der Waals surface area contributed by atoms with E-state index in [0.717, 1.165) is 5.56 Å². The van der Waals surface area contributed by atoms with Crippen molar-refractivity contribution >= 4 is 17.0 Å². The number of carbonyl (C=O) groups is 1. The Morgan fingerprint density at radius 1 is 1.33 bits per heavy atom. The van der Waals surface area contributed by atoms with Gasteiger partial charge in [-0.15, -0.1) is 0 Å². The fraction of sp³-hybridized carbons (Fsp3) is 0.500. The average Bonchev–Trinajstić information content (AvgIpc) is 2.79. The second kappa shape index (κ2) is 5.33. The van der Waals surface area contributed by atoms with Crippen LogP contribution in [0.2, 0.25) is 0 Å². The Bertz CT molecular complexity index is 740. The maximum atomic E-state index is 12.4. The highest BCUT2D eigenvalue weighted by molar-refractivity contribution is 5.79. The quantitative estimate of drug-likeness (QED) is 0.803. The number of aryl methyl sites for hydroxylation is 2. The zero-order chi connectivity index (χ0) is 15.0. The number of ether oxygens (including phenoxy) is 1. The predicted molar refractivity (Wildman–Crippen MR) is 75.1 cm³/mol. The Labute approximate surface area is 121 Å². The Morgan fingerprint density at radius 2 is 2.05 bits per heavy atom. The van der Waals surface area contributed by atoms with Crippen molar-refractivity contribution in [2.75, 3.05) is 26.3 Å². The molecule has 1 amide bonds. The van der Waals surface area contributed by atoms with Crippen molar-refractivity contribution in [1.29, 1.82) is 0 Å². The molecule has 2 aromatic heterocycles. The molecule has 7 nitrogen and oxygen atoms in total. The second-order valence-electron chi connectivity index (χ2n) is 5.13. The van der Waals surface area contributed by atoms with E-state index < -0.39 is 0 Å². The molecular weight excluding hydrogens is 274 g/mol. The molecule has 0 radical (unpaired) electrons. The summed E-state index contributed by atoms with van der Waals surface area (Å²) < 4.78 is 12.0. The Kier molecular flexibility index (Phi) is 3.50. The van der Waals surface area contributed by atoms with Gasteiger partial charge in [0.25, 0.3) is 5.56 Å². The molecule has 0 N–H and O–H groups in total. The number of hydrogen-bond donors (Lipinski definition) is 0. The summed E-state index contributed by atoms with van der Waals surface area (Å²) in [6.45, 7) is 5.81. The summed E-state index contributed by atoms with van der Waals surface area (Å²) in [5, 5.41) is 0.449. The van der Waals surface area contributed by atoms with Gasteiger partial charge < -0.3 is 14.1 Å². The van der Waals surface area contributed by atoms with Gasteiger partial charge in [-0.25, -0.2) is 4.98 Å². The SMILES string of the molecule is Cc1oc2ncn(CC(=O)N3CCOCC3)c(=O)c2c1C. The molecule has 2 aromatic rings. The summed E-state index contributed by atoms with van der Waals surface area (Å²) in [6, 6.07) is 0. The summed E-state index contributed by atoms with van der Waals surface area (Å²) in [6.07, 6.45) is 1.37. The van der Waals surface area contributed by atoms with Crippen LogP contribution in [0.4, 0.5) is 0 Å². The third kappa shape index (κ3) is 2.44. The number of fused-ring (bicyclic) bond motifs is 1. The van der Waals surface area contributed by atoms with E-state index in [1.807, 2.05) is 6.92 Å². The lowest BCUT2D eigenvalue weighted by atomic mass is 10.2. The number of amides is 1. The van der Waals surface area contributed by atoms with Gasteiger partial charge in [-0.3, -0.25) is 14.2 Å². The van der Waals surface area contributed by atoms with Gasteiger partial charge in [0.1, 0.15) is 24.0 Å². The van der Waals surface area contributed by atoms with E-state index in [-0.39, 0.29) is 18.0 Å². The molecule has 0 spiro atoms. The number of furan rings is 1. The first-order valence-electron chi connectivity index (χ1n) is 6.88. The van der Waals surface area contributed by atoms with Gasteiger partial charge in [0, 0.05) is 18.7 Å². The molecule has 0 saturated carbocycles. The molecule has 1 fully saturated rings. The van der Waals surface area contributed by atoms with Crippen LogP contribution in [0.25, 0.3) is 11.1 Å². The van der Waals surface area contributed by atoms with Crippen LogP contribution in [0.1, 0.15) is 11.3 Å². The van der Waals surface area contributed by atoms with Crippen molar-refractivity contribution in [3.05, 3.63) is 28.0 Å². The Balaban J connectivity index is 1.90. The molecule has 112 valence electrons. The molecule has 3 rings (SSSR count). The van der Waals surface area contributed by atoms with E-state index in [4.69, 9.17) is 9.15 Å². The molecule has 0 aliphatic carbocycles. The highest BCUT2D eigenvalue weighted by Gasteiger charge is 2.19. The van der Waals surface area contributed by atoms with Gasteiger partial charge in [-0.05, 0) is 13.8 Å². The zero-order valence-electron chi connectivity index (χ0n) is 12.1. The predicted octanol–water partition coefficient (Wildman–Crippen LogP) is 0.465. The molecule has 0 atom stereocenters. The van der Waals surface area contributed by atoms with Crippen molar-refractivity contribution in [2.24, 2.45) is 0 Å². The molecule has 21 heavy (non-hydrogen) atoms. The van der Waals surface area contributed by atoms with E-state index in [2.05, 4.69) is 4.98 Å². The van der Waals surface area contributed by atoms with Crippen molar-refractivity contribution < 1.29 is 13.9 Å². The van der Waals surface area contributed by atoms with Crippen LogP contribution in [0.15, 0.2) is 15.5 Å². The number of carbonyl (C=O) groups excluding carboxylic acids is 1. The van der Waals surface area contributed by atoms with Crippen molar-refractivity contribution in [2.45, 2.75) is 20.4 Å². The monoisotopic (exact) mass is 291 g/mol. The summed E-state index contributed by atoms with van der Waals surface area (Å²) in [7, 11) is 0. The summed E-state index contributed by atoms with van der Waals surface area (Å²) in [4.78, 5) is 30.5. The molecule has 0 bridgehead atoms. The normalized spacial score (nSPS) is 15.6. The smallest absolute Gasteiger partial charge is 0.265 e. The molecular formula is C14H17N3O4. The topological polar surface area (TPSA) is 77.6 Å². The molecule has 1 aliphatic heterocycles. The first kappa shape index (κ1) is 13.8. The highest BCUT2D eigenvalue weighted by Crippen LogP contribution is 2.19. The number of aromatic nitrogens is 2. The minimum absolute atomic E-state index is 0.00849. The lowest BCUT2D eigenvalue weighted by Gasteiger charge is -2.26. The molecule has 3 heterocycles. The summed E-state index contributed by atoms with van der Waals surface area (Å²) >= 11 is 0. The highest BCUT2D eigenvalue weighted by atomic mass is 16.5. The number of nitrogens with zero attached hydrogens (tertiary/aromatic N) is 3. The zero-order valence-corrected chi connectivity index (χ0v) is 12.1. The van der Waals surface area contributed by atoms with Crippen LogP contribution in [0.5, 0.6) is 0 Å². The minimum Gasteiger partial charge on any atom is -0.443 e. The summed E-state index contributed by atoms with van der Waals surface area (Å²) in [5.41, 5.74) is 0.858. The van der Waals surface area contributed by atoms with Crippen molar-refractivity contribution in [3.63, 3.8) is 0 Å². The fourth-order valence-corrected chi connectivity index (χ4v) is 2.44. The first-order valence-corrected chi connectivity index (χ1v) is 6.88. The Morgan fingerprint density at radius 3 is 2.76 bits per heavy atom. The summed E-state index contributed by atoms with van der Waals surface area (Å²) in [5.74, 6) is 0.575. The van der Waals surface area contributed by atoms with E-state index in [9.17, 15) is 9.59 Å². The molecule has 1 aliphatic rings. The molecule has 0 aromatic carbocycles. The number of hydrogen-bond acceptors (Lipinski definition) is 5. The standard InChI is InChI=1S/C14H17N3O4/c1-9-10(2)21-13-12(9)14(19)17(8-15-13)7-11(18)16-3-5-20-6-4-16/h8H,3-7H2,1-2H3. The molecule has 0 unspecified atom stereocenters. The van der Waals surface area contributed by atoms with E-state index in [0.29, 0.717) is 43.2 Å². The molecule has 7 heteroatoms. The van der Waals surface area contributed by atoms with Crippen LogP contribution in [0, 0.1) is 13.8 Å². The lowest BCUT2D eigenvalue weighted by Crippen LogP contribution is -2.43.